The summed E-state index contributed by atoms with van der Waals surface area (Å²) >= 11 is 1.92. The summed E-state index contributed by atoms with van der Waals surface area (Å²) in [6.07, 6.45) is 0.582. The third-order valence-electron chi connectivity index (χ3n) is 2.94. The van der Waals surface area contributed by atoms with Crippen LogP contribution in [0.1, 0.15) is 6.42 Å². The van der Waals surface area contributed by atoms with Gasteiger partial charge in [-0.2, -0.15) is 11.8 Å². The summed E-state index contributed by atoms with van der Waals surface area (Å²) < 4.78 is 0. The van der Waals surface area contributed by atoms with Gasteiger partial charge in [0, 0.05) is 43.2 Å². The minimum absolute atomic E-state index is 0. The van der Waals surface area contributed by atoms with Crippen LogP contribution in [0.2, 0.25) is 0 Å². The molecule has 1 N–H and O–H groups in total. The van der Waals surface area contributed by atoms with Crippen LogP contribution < -0.4 is 10.2 Å². The number of nitrogens with one attached hydrogen (secondary N) is 1. The van der Waals surface area contributed by atoms with Gasteiger partial charge in [0.25, 0.3) is 0 Å². The number of benzene rings is 1. The highest BCUT2D eigenvalue weighted by atomic mass is 35.5. The van der Waals surface area contributed by atoms with E-state index in [0.29, 0.717) is 12.5 Å². The number of rotatable bonds is 3. The Balaban J connectivity index is 0.00000162. The van der Waals surface area contributed by atoms with E-state index >= 15 is 0 Å². The Labute approximate surface area is 119 Å². The molecule has 3 nitrogen and oxygen atoms in total. The SMILES string of the molecule is CN(C(=O)CC1CSCCN1)c1ccccc1.Cl. The lowest BCUT2D eigenvalue weighted by Crippen LogP contribution is -2.41. The zero-order valence-electron chi connectivity index (χ0n) is 10.5. The summed E-state index contributed by atoms with van der Waals surface area (Å²) in [6.45, 7) is 1.01. The van der Waals surface area contributed by atoms with Crippen LogP contribution in [0.3, 0.4) is 0 Å². The lowest BCUT2D eigenvalue weighted by molar-refractivity contribution is -0.118. The highest BCUT2D eigenvalue weighted by molar-refractivity contribution is 7.99. The molecule has 0 spiro atoms. The highest BCUT2D eigenvalue weighted by Gasteiger charge is 2.19. The number of anilines is 1. The predicted molar refractivity (Wildman–Crippen MR) is 80.8 cm³/mol. The quantitative estimate of drug-likeness (QED) is 0.924. The van der Waals surface area contributed by atoms with Crippen molar-refractivity contribution in [3.63, 3.8) is 0 Å². The fourth-order valence-electron chi connectivity index (χ4n) is 1.89. The molecular weight excluding hydrogens is 268 g/mol. The van der Waals surface area contributed by atoms with E-state index in [1.165, 1.54) is 0 Å². The smallest absolute Gasteiger partial charge is 0.228 e. The molecule has 0 saturated carbocycles. The normalized spacial score (nSPS) is 18.8. The Morgan fingerprint density at radius 3 is 2.78 bits per heavy atom. The largest absolute Gasteiger partial charge is 0.315 e. The Hall–Kier alpha value is -0.710. The number of carbonyl (C=O) groups excluding carboxylic acids is 1. The van der Waals surface area contributed by atoms with Crippen molar-refractivity contribution < 1.29 is 4.79 Å². The van der Waals surface area contributed by atoms with Crippen LogP contribution in [0, 0.1) is 0 Å². The van der Waals surface area contributed by atoms with Crippen LogP contribution in [0.4, 0.5) is 5.69 Å². The van der Waals surface area contributed by atoms with E-state index in [1.807, 2.05) is 49.1 Å². The van der Waals surface area contributed by atoms with Gasteiger partial charge >= 0.3 is 0 Å². The highest BCUT2D eigenvalue weighted by Crippen LogP contribution is 2.15. The Morgan fingerprint density at radius 1 is 1.44 bits per heavy atom. The molecule has 1 saturated heterocycles. The van der Waals surface area contributed by atoms with Crippen molar-refractivity contribution in [2.24, 2.45) is 0 Å². The van der Waals surface area contributed by atoms with Crippen LogP contribution in [0.15, 0.2) is 30.3 Å². The molecule has 1 amide bonds. The van der Waals surface area contributed by atoms with E-state index in [2.05, 4.69) is 5.32 Å². The molecule has 0 radical (unpaired) electrons. The lowest BCUT2D eigenvalue weighted by atomic mass is 10.2. The summed E-state index contributed by atoms with van der Waals surface area (Å²) in [5.74, 6) is 2.37. The first-order valence-corrected chi connectivity index (χ1v) is 7.05. The number of hydrogen-bond acceptors (Lipinski definition) is 3. The van der Waals surface area contributed by atoms with E-state index in [0.717, 1.165) is 23.7 Å². The van der Waals surface area contributed by atoms with E-state index in [1.54, 1.807) is 4.90 Å². The summed E-state index contributed by atoms with van der Waals surface area (Å²) in [6, 6.07) is 10.1. The molecule has 1 atom stereocenters. The first kappa shape index (κ1) is 15.3. The molecule has 1 fully saturated rings. The number of halogens is 1. The van der Waals surface area contributed by atoms with Gasteiger partial charge in [0.05, 0.1) is 0 Å². The van der Waals surface area contributed by atoms with Crippen LogP contribution in [-0.4, -0.2) is 37.0 Å². The maximum Gasteiger partial charge on any atom is 0.228 e. The Kier molecular flexibility index (Phi) is 6.54. The van der Waals surface area contributed by atoms with E-state index < -0.39 is 0 Å². The first-order valence-electron chi connectivity index (χ1n) is 5.90. The number of carbonyl (C=O) groups is 1. The molecule has 1 aromatic rings. The lowest BCUT2D eigenvalue weighted by Gasteiger charge is -2.25. The van der Waals surface area contributed by atoms with Crippen molar-refractivity contribution in [3.05, 3.63) is 30.3 Å². The molecule has 1 aromatic carbocycles. The van der Waals surface area contributed by atoms with Crippen molar-refractivity contribution in [1.29, 1.82) is 0 Å². The number of nitrogens with zero attached hydrogens (tertiary/aromatic N) is 1. The van der Waals surface area contributed by atoms with Gasteiger partial charge in [0.1, 0.15) is 0 Å². The van der Waals surface area contributed by atoms with E-state index in [9.17, 15) is 4.79 Å². The Bertz CT molecular complexity index is 369. The third kappa shape index (κ3) is 4.19. The van der Waals surface area contributed by atoms with Crippen molar-refractivity contribution in [2.45, 2.75) is 12.5 Å². The monoisotopic (exact) mass is 286 g/mol. The number of thioether (sulfide) groups is 1. The maximum absolute atomic E-state index is 12.1. The van der Waals surface area contributed by atoms with Gasteiger partial charge < -0.3 is 10.2 Å². The summed E-state index contributed by atoms with van der Waals surface area (Å²) in [5, 5.41) is 3.39. The molecule has 100 valence electrons. The van der Waals surface area contributed by atoms with E-state index in [4.69, 9.17) is 0 Å². The van der Waals surface area contributed by atoms with Gasteiger partial charge in [-0.1, -0.05) is 18.2 Å². The molecule has 18 heavy (non-hydrogen) atoms. The first-order chi connectivity index (χ1) is 8.27. The molecule has 0 aliphatic carbocycles. The van der Waals surface area contributed by atoms with Crippen LogP contribution in [0.5, 0.6) is 0 Å². The molecule has 0 aromatic heterocycles. The summed E-state index contributed by atoms with van der Waals surface area (Å²) in [4.78, 5) is 13.8. The van der Waals surface area contributed by atoms with Gasteiger partial charge in [0.15, 0.2) is 0 Å². The zero-order valence-corrected chi connectivity index (χ0v) is 12.1. The minimum Gasteiger partial charge on any atom is -0.315 e. The summed E-state index contributed by atoms with van der Waals surface area (Å²) in [7, 11) is 1.84. The molecular formula is C13H19ClN2OS. The van der Waals surface area contributed by atoms with Crippen LogP contribution in [0.25, 0.3) is 0 Å². The molecule has 1 aliphatic rings. The standard InChI is InChI=1S/C13H18N2OS.ClH/c1-15(12-5-3-2-4-6-12)13(16)9-11-10-17-8-7-14-11;/h2-6,11,14H,7-10H2,1H3;1H. The minimum atomic E-state index is 0. The average molecular weight is 287 g/mol. The predicted octanol–water partition coefficient (Wildman–Crippen LogP) is 2.17. The molecule has 5 heteroatoms. The molecule has 1 aliphatic heterocycles. The second kappa shape index (κ2) is 7.67. The second-order valence-corrected chi connectivity index (χ2v) is 5.37. The maximum atomic E-state index is 12.1. The van der Waals surface area contributed by atoms with Gasteiger partial charge in [0.2, 0.25) is 5.91 Å². The van der Waals surface area contributed by atoms with Crippen molar-refractivity contribution in [1.82, 2.24) is 5.32 Å². The van der Waals surface area contributed by atoms with E-state index in [-0.39, 0.29) is 18.3 Å². The van der Waals surface area contributed by atoms with Gasteiger partial charge in [-0.25, -0.2) is 0 Å². The fraction of sp³-hybridized carbons (Fsp3) is 0.462. The second-order valence-electron chi connectivity index (χ2n) is 4.22. The van der Waals surface area contributed by atoms with Gasteiger partial charge in [-0.15, -0.1) is 12.4 Å². The van der Waals surface area contributed by atoms with Crippen LogP contribution in [-0.2, 0) is 4.79 Å². The average Bonchev–Trinajstić information content (AvgIpc) is 2.40. The van der Waals surface area contributed by atoms with Crippen LogP contribution >= 0.6 is 24.2 Å². The number of para-hydroxylation sites is 1. The number of amides is 1. The van der Waals surface area contributed by atoms with Gasteiger partial charge in [-0.05, 0) is 12.1 Å². The van der Waals surface area contributed by atoms with Crippen molar-refractivity contribution in [2.75, 3.05) is 30.0 Å². The van der Waals surface area contributed by atoms with Gasteiger partial charge in [-0.3, -0.25) is 4.79 Å². The zero-order chi connectivity index (χ0) is 12.1. The number of hydrogen-bond donors (Lipinski definition) is 1. The molecule has 1 heterocycles. The summed E-state index contributed by atoms with van der Waals surface area (Å²) in [5.41, 5.74) is 0.959. The fourth-order valence-corrected chi connectivity index (χ4v) is 2.84. The topological polar surface area (TPSA) is 32.3 Å². The molecule has 1 unspecified atom stereocenters. The third-order valence-corrected chi connectivity index (χ3v) is 4.07. The molecule has 2 rings (SSSR count). The molecule has 0 bridgehead atoms. The Morgan fingerprint density at radius 2 is 2.17 bits per heavy atom. The van der Waals surface area contributed by atoms with Crippen molar-refractivity contribution in [3.8, 4) is 0 Å². The van der Waals surface area contributed by atoms with Crippen molar-refractivity contribution >= 4 is 35.8 Å².